The molecule has 3 heterocycles. The molecule has 1 aliphatic heterocycles. The Morgan fingerprint density at radius 3 is 2.52 bits per heavy atom. The van der Waals surface area contributed by atoms with Gasteiger partial charge in [0, 0.05) is 55.4 Å². The maximum atomic E-state index is 13.6. The molecule has 2 N–H and O–H groups in total. The van der Waals surface area contributed by atoms with E-state index in [0.717, 1.165) is 42.7 Å². The van der Waals surface area contributed by atoms with Crippen LogP contribution in [0.1, 0.15) is 18.9 Å². The largest absolute Gasteiger partial charge is 0.350 e. The number of halogens is 1. The van der Waals surface area contributed by atoms with E-state index in [2.05, 4.69) is 20.5 Å². The molecule has 0 spiro atoms. The van der Waals surface area contributed by atoms with E-state index in [-0.39, 0.29) is 16.8 Å². The van der Waals surface area contributed by atoms with Gasteiger partial charge in [-0.1, -0.05) is 60.1 Å². The number of likely N-dealkylation sites (tertiary alicyclic amines) is 1. The molecular weight excluding hydrogens is 572 g/mol. The zero-order valence-corrected chi connectivity index (χ0v) is 24.4. The Labute approximate surface area is 249 Å². The minimum absolute atomic E-state index is 0.0910. The Bertz CT molecular complexity index is 1860. The standard InChI is InChI=1S/C31H29ClN6O3S/c1-21(39)34-23-13-11-22(12-14-23)18-37-16-15-24(19-37)35-31-33-17-28(32)30(36-31)27-20-38(29-10-6-5-9-26(27)29)42(40,41)25-7-3-2-4-8-25/h2-14,17,20,24H,15-16,18-19H2,1H3,(H,34,39)(H,33,35,36)/t24-/m1/s1. The number of fused-ring (bicyclic) bond motifs is 1. The molecule has 0 aliphatic carbocycles. The summed E-state index contributed by atoms with van der Waals surface area (Å²) in [6.45, 7) is 4.01. The fourth-order valence-corrected chi connectivity index (χ4v) is 6.88. The van der Waals surface area contributed by atoms with Crippen molar-refractivity contribution in [1.29, 1.82) is 0 Å². The summed E-state index contributed by atoms with van der Waals surface area (Å²) < 4.78 is 28.4. The third-order valence-corrected chi connectivity index (χ3v) is 9.23. The monoisotopic (exact) mass is 600 g/mol. The molecular formula is C31H29ClN6O3S. The number of anilines is 2. The lowest BCUT2D eigenvalue weighted by Crippen LogP contribution is -2.26. The highest BCUT2D eigenvalue weighted by Gasteiger charge is 2.25. The second-order valence-electron chi connectivity index (χ2n) is 10.3. The van der Waals surface area contributed by atoms with Crippen molar-refractivity contribution in [1.82, 2.24) is 18.8 Å². The van der Waals surface area contributed by atoms with Gasteiger partial charge in [-0.25, -0.2) is 22.4 Å². The minimum Gasteiger partial charge on any atom is -0.350 e. The van der Waals surface area contributed by atoms with Gasteiger partial charge in [0.25, 0.3) is 10.0 Å². The Kier molecular flexibility index (Phi) is 7.68. The van der Waals surface area contributed by atoms with Crippen LogP contribution in [0.25, 0.3) is 22.2 Å². The summed E-state index contributed by atoms with van der Waals surface area (Å²) in [6.07, 6.45) is 4.05. The van der Waals surface area contributed by atoms with Crippen LogP contribution in [0.3, 0.4) is 0 Å². The number of aromatic nitrogens is 3. The Balaban J connectivity index is 1.22. The minimum atomic E-state index is -3.84. The maximum Gasteiger partial charge on any atom is 0.268 e. The van der Waals surface area contributed by atoms with Crippen LogP contribution in [0.5, 0.6) is 0 Å². The summed E-state index contributed by atoms with van der Waals surface area (Å²) in [5, 5.41) is 7.28. The third-order valence-electron chi connectivity index (χ3n) is 7.26. The quantitative estimate of drug-likeness (QED) is 0.237. The van der Waals surface area contributed by atoms with Crippen molar-refractivity contribution in [2.24, 2.45) is 0 Å². The van der Waals surface area contributed by atoms with Gasteiger partial charge in [-0.15, -0.1) is 0 Å². The molecule has 5 aromatic rings. The molecule has 0 bridgehead atoms. The molecule has 0 radical (unpaired) electrons. The van der Waals surface area contributed by atoms with Crippen molar-refractivity contribution in [3.05, 3.63) is 102 Å². The summed E-state index contributed by atoms with van der Waals surface area (Å²) in [5.74, 6) is 0.343. The Morgan fingerprint density at radius 2 is 1.76 bits per heavy atom. The maximum absolute atomic E-state index is 13.6. The SMILES string of the molecule is CC(=O)Nc1ccc(CN2CC[C@@H](Nc3ncc(Cl)c(-c4cn(S(=O)(=O)c5ccccc5)c5ccccc45)n3)C2)cc1. The lowest BCUT2D eigenvalue weighted by molar-refractivity contribution is -0.114. The van der Waals surface area contributed by atoms with Crippen LogP contribution < -0.4 is 10.6 Å². The number of hydrogen-bond donors (Lipinski definition) is 2. The van der Waals surface area contributed by atoms with Crippen molar-refractivity contribution in [2.45, 2.75) is 30.8 Å². The third kappa shape index (κ3) is 5.74. The van der Waals surface area contributed by atoms with E-state index >= 15 is 0 Å². The van der Waals surface area contributed by atoms with E-state index in [1.807, 2.05) is 36.4 Å². The van der Waals surface area contributed by atoms with Gasteiger partial charge >= 0.3 is 0 Å². The highest BCUT2D eigenvalue weighted by molar-refractivity contribution is 7.90. The number of para-hydroxylation sites is 1. The van der Waals surface area contributed by atoms with Crippen molar-refractivity contribution in [2.75, 3.05) is 23.7 Å². The fourth-order valence-electron chi connectivity index (χ4n) is 5.30. The first kappa shape index (κ1) is 27.9. The number of carbonyl (C=O) groups excluding carboxylic acids is 1. The predicted molar refractivity (Wildman–Crippen MR) is 165 cm³/mol. The van der Waals surface area contributed by atoms with Crippen LogP contribution in [0.4, 0.5) is 11.6 Å². The van der Waals surface area contributed by atoms with Gasteiger partial charge in [0.1, 0.15) is 0 Å². The molecule has 1 fully saturated rings. The Hall–Kier alpha value is -4.25. The fraction of sp³-hybridized carbons (Fsp3) is 0.194. The molecule has 11 heteroatoms. The normalized spacial score (nSPS) is 15.6. The van der Waals surface area contributed by atoms with Crippen molar-refractivity contribution in [3.8, 4) is 11.3 Å². The zero-order valence-electron chi connectivity index (χ0n) is 22.9. The molecule has 1 amide bonds. The summed E-state index contributed by atoms with van der Waals surface area (Å²) in [7, 11) is -3.84. The molecule has 0 unspecified atom stereocenters. The van der Waals surface area contributed by atoms with E-state index in [1.165, 1.54) is 10.9 Å². The molecule has 1 aliphatic rings. The second-order valence-corrected chi connectivity index (χ2v) is 12.5. The summed E-state index contributed by atoms with van der Waals surface area (Å²) >= 11 is 6.60. The number of nitrogens with zero attached hydrogens (tertiary/aromatic N) is 4. The molecule has 0 saturated carbocycles. The lowest BCUT2D eigenvalue weighted by atomic mass is 10.1. The van der Waals surface area contributed by atoms with Crippen LogP contribution >= 0.6 is 11.6 Å². The van der Waals surface area contributed by atoms with Crippen molar-refractivity contribution >= 4 is 50.1 Å². The van der Waals surface area contributed by atoms with Crippen LogP contribution in [0.15, 0.2) is 96.2 Å². The molecule has 214 valence electrons. The van der Waals surface area contributed by atoms with Crippen LogP contribution in [-0.4, -0.2) is 52.3 Å². The van der Waals surface area contributed by atoms with Gasteiger partial charge in [0.15, 0.2) is 0 Å². The number of amides is 1. The van der Waals surface area contributed by atoms with E-state index in [9.17, 15) is 13.2 Å². The van der Waals surface area contributed by atoms with Crippen LogP contribution in [-0.2, 0) is 21.4 Å². The average Bonchev–Trinajstić information content (AvgIpc) is 3.60. The highest BCUT2D eigenvalue weighted by atomic mass is 35.5. The number of carbonyl (C=O) groups is 1. The molecule has 2 aromatic heterocycles. The van der Waals surface area contributed by atoms with E-state index in [1.54, 1.807) is 54.9 Å². The van der Waals surface area contributed by atoms with Crippen molar-refractivity contribution in [3.63, 3.8) is 0 Å². The predicted octanol–water partition coefficient (Wildman–Crippen LogP) is 5.63. The van der Waals surface area contributed by atoms with Crippen molar-refractivity contribution < 1.29 is 13.2 Å². The molecule has 1 saturated heterocycles. The summed E-state index contributed by atoms with van der Waals surface area (Å²) in [4.78, 5) is 23.0. The van der Waals surface area contributed by atoms with Gasteiger partial charge in [-0.2, -0.15) is 0 Å². The first-order valence-electron chi connectivity index (χ1n) is 13.6. The van der Waals surface area contributed by atoms with E-state index in [0.29, 0.717) is 27.7 Å². The van der Waals surface area contributed by atoms with Gasteiger partial charge in [0.05, 0.1) is 27.3 Å². The average molecular weight is 601 g/mol. The zero-order chi connectivity index (χ0) is 29.3. The van der Waals surface area contributed by atoms with Crippen LogP contribution in [0.2, 0.25) is 5.02 Å². The van der Waals surface area contributed by atoms with Gasteiger partial charge < -0.3 is 10.6 Å². The smallest absolute Gasteiger partial charge is 0.268 e. The number of rotatable bonds is 8. The van der Waals surface area contributed by atoms with Gasteiger partial charge in [-0.05, 0) is 42.3 Å². The first-order valence-corrected chi connectivity index (χ1v) is 15.4. The summed E-state index contributed by atoms with van der Waals surface area (Å²) in [5.41, 5.74) is 3.55. The van der Waals surface area contributed by atoms with Gasteiger partial charge in [0.2, 0.25) is 11.9 Å². The number of nitrogens with one attached hydrogen (secondary N) is 2. The van der Waals surface area contributed by atoms with E-state index in [4.69, 9.17) is 16.6 Å². The molecule has 3 aromatic carbocycles. The number of benzene rings is 3. The molecule has 1 atom stereocenters. The molecule has 42 heavy (non-hydrogen) atoms. The topological polar surface area (TPSA) is 109 Å². The first-order chi connectivity index (χ1) is 20.3. The molecule has 6 rings (SSSR count). The lowest BCUT2D eigenvalue weighted by Gasteiger charge is -2.17. The Morgan fingerprint density at radius 1 is 1.02 bits per heavy atom. The second kappa shape index (κ2) is 11.6. The summed E-state index contributed by atoms with van der Waals surface area (Å²) in [6, 6.07) is 23.6. The number of hydrogen-bond acceptors (Lipinski definition) is 7. The highest BCUT2D eigenvalue weighted by Crippen LogP contribution is 2.36. The van der Waals surface area contributed by atoms with Gasteiger partial charge in [-0.3, -0.25) is 9.69 Å². The molecule has 9 nitrogen and oxygen atoms in total. The van der Waals surface area contributed by atoms with E-state index < -0.39 is 10.0 Å². The van der Waals surface area contributed by atoms with Crippen LogP contribution in [0, 0.1) is 0 Å².